The molecule has 0 aromatic carbocycles. The fraction of sp³-hybridized carbons (Fsp3) is 0.333. The van der Waals surface area contributed by atoms with E-state index in [-0.39, 0.29) is 5.70 Å². The second-order valence-electron chi connectivity index (χ2n) is 1.77. The van der Waals surface area contributed by atoms with Gasteiger partial charge in [-0.25, -0.2) is 4.85 Å². The molecule has 0 saturated carbocycles. The number of carboxylic acid groups (broad SMARTS) is 1. The van der Waals surface area contributed by atoms with Gasteiger partial charge in [-0.3, -0.25) is 4.79 Å². The monoisotopic (exact) mass is 125 g/mol. The minimum absolute atomic E-state index is 0.185. The van der Waals surface area contributed by atoms with Gasteiger partial charge in [0.25, 0.3) is 5.70 Å². The van der Waals surface area contributed by atoms with Crippen molar-refractivity contribution in [1.82, 2.24) is 0 Å². The molecule has 0 aliphatic rings. The molecule has 1 N–H and O–H groups in total. The van der Waals surface area contributed by atoms with E-state index < -0.39 is 5.97 Å². The second-order valence-corrected chi connectivity index (χ2v) is 1.77. The van der Waals surface area contributed by atoms with E-state index in [1.165, 1.54) is 0 Å². The van der Waals surface area contributed by atoms with E-state index in [0.717, 1.165) is 0 Å². The van der Waals surface area contributed by atoms with Crippen LogP contribution in [0.2, 0.25) is 0 Å². The zero-order valence-corrected chi connectivity index (χ0v) is 5.30. The first kappa shape index (κ1) is 7.70. The minimum Gasteiger partial charge on any atom is -0.486 e. The molecular weight excluding hydrogens is 118 g/mol. The summed E-state index contributed by atoms with van der Waals surface area (Å²) >= 11 is 0. The van der Waals surface area contributed by atoms with Crippen molar-refractivity contribution < 1.29 is 9.90 Å². The van der Waals surface area contributed by atoms with Gasteiger partial charge in [0.15, 0.2) is 0 Å². The maximum absolute atomic E-state index is 10.1. The fourth-order valence-electron chi connectivity index (χ4n) is 0.373. The van der Waals surface area contributed by atoms with Crippen LogP contribution in [0.3, 0.4) is 0 Å². The summed E-state index contributed by atoms with van der Waals surface area (Å²) in [4.78, 5) is 12.9. The van der Waals surface area contributed by atoms with Crippen molar-refractivity contribution in [3.05, 3.63) is 22.7 Å². The Kier molecular flexibility index (Phi) is 2.46. The Labute approximate surface area is 53.4 Å². The van der Waals surface area contributed by atoms with Crippen LogP contribution in [0, 0.1) is 6.57 Å². The smallest absolute Gasteiger partial charge is 0.333 e. The third-order valence-corrected chi connectivity index (χ3v) is 0.788. The summed E-state index contributed by atoms with van der Waals surface area (Å²) in [6.07, 6.45) is 0. The van der Waals surface area contributed by atoms with Gasteiger partial charge in [-0.2, -0.15) is 0 Å². The van der Waals surface area contributed by atoms with Gasteiger partial charge >= 0.3 is 5.97 Å². The third-order valence-electron chi connectivity index (χ3n) is 0.788. The maximum Gasteiger partial charge on any atom is 0.333 e. The zero-order valence-electron chi connectivity index (χ0n) is 5.30. The van der Waals surface area contributed by atoms with Gasteiger partial charge in [0.1, 0.15) is 0 Å². The molecule has 3 nitrogen and oxygen atoms in total. The van der Waals surface area contributed by atoms with Crippen molar-refractivity contribution in [3.8, 4) is 0 Å². The van der Waals surface area contributed by atoms with Gasteiger partial charge in [0.2, 0.25) is 0 Å². The van der Waals surface area contributed by atoms with E-state index in [1.54, 1.807) is 13.8 Å². The number of hydrogen-bond donors (Lipinski definition) is 1. The second kappa shape index (κ2) is 2.88. The summed E-state index contributed by atoms with van der Waals surface area (Å²) < 4.78 is 0. The number of aliphatic carboxylic acids is 1. The van der Waals surface area contributed by atoms with Gasteiger partial charge in [-0.1, -0.05) is 19.4 Å². The van der Waals surface area contributed by atoms with Crippen LogP contribution in [0.25, 0.3) is 4.85 Å². The van der Waals surface area contributed by atoms with Crippen LogP contribution in [0.1, 0.15) is 13.8 Å². The highest BCUT2D eigenvalue weighted by Crippen LogP contribution is 2.03. The lowest BCUT2D eigenvalue weighted by atomic mass is 10.3. The Bertz CT molecular complexity index is 194. The summed E-state index contributed by atoms with van der Waals surface area (Å²) in [5, 5.41) is 8.27. The first-order chi connectivity index (χ1) is 4.09. The third kappa shape index (κ3) is 1.96. The molecular formula is C6H7NO2. The van der Waals surface area contributed by atoms with Crippen molar-refractivity contribution in [3.63, 3.8) is 0 Å². The summed E-state index contributed by atoms with van der Waals surface area (Å²) in [6.45, 7) is 9.60. The van der Waals surface area contributed by atoms with Crippen LogP contribution < -0.4 is 0 Å². The molecule has 0 aromatic heterocycles. The molecule has 0 heterocycles. The molecule has 0 rings (SSSR count). The van der Waals surface area contributed by atoms with Crippen LogP contribution >= 0.6 is 0 Å². The van der Waals surface area contributed by atoms with Gasteiger partial charge in [0, 0.05) is 0 Å². The molecule has 0 amide bonds. The molecule has 0 spiro atoms. The van der Waals surface area contributed by atoms with E-state index in [1.807, 2.05) is 0 Å². The molecule has 0 aliphatic heterocycles. The highest BCUT2D eigenvalue weighted by atomic mass is 16.4. The molecule has 48 valence electrons. The quantitative estimate of drug-likeness (QED) is 0.423. The fourth-order valence-corrected chi connectivity index (χ4v) is 0.373. The number of hydrogen-bond acceptors (Lipinski definition) is 1. The topological polar surface area (TPSA) is 41.7 Å². The molecule has 9 heavy (non-hydrogen) atoms. The average molecular weight is 125 g/mol. The lowest BCUT2D eigenvalue weighted by Crippen LogP contribution is -1.97. The summed E-state index contributed by atoms with van der Waals surface area (Å²) in [6, 6.07) is 0. The van der Waals surface area contributed by atoms with Crippen LogP contribution in [-0.2, 0) is 4.79 Å². The van der Waals surface area contributed by atoms with Crippen molar-refractivity contribution in [2.75, 3.05) is 0 Å². The molecule has 0 unspecified atom stereocenters. The Balaban J connectivity index is 4.62. The van der Waals surface area contributed by atoms with Crippen LogP contribution in [0.15, 0.2) is 11.3 Å². The normalized spacial score (nSPS) is 7.67. The average Bonchev–Trinajstić information content (AvgIpc) is 1.64. The van der Waals surface area contributed by atoms with Gasteiger partial charge in [-0.05, 0) is 0 Å². The Morgan fingerprint density at radius 2 is 2.00 bits per heavy atom. The highest BCUT2D eigenvalue weighted by molar-refractivity contribution is 5.89. The number of allylic oxidation sites excluding steroid dienone is 1. The number of rotatable bonds is 1. The Morgan fingerprint density at radius 3 is 2.00 bits per heavy atom. The predicted molar refractivity (Wildman–Crippen MR) is 32.6 cm³/mol. The van der Waals surface area contributed by atoms with E-state index in [4.69, 9.17) is 11.7 Å². The molecule has 0 atom stereocenters. The number of carboxylic acids is 1. The van der Waals surface area contributed by atoms with Crippen LogP contribution in [0.4, 0.5) is 0 Å². The molecule has 3 heteroatoms. The van der Waals surface area contributed by atoms with E-state index >= 15 is 0 Å². The lowest BCUT2D eigenvalue weighted by Gasteiger charge is -1.89. The van der Waals surface area contributed by atoms with Crippen molar-refractivity contribution in [1.29, 1.82) is 0 Å². The SMILES string of the molecule is [C-]#[N+]C(C(=O)O)=C(C)C. The first-order valence-electron chi connectivity index (χ1n) is 2.37. The van der Waals surface area contributed by atoms with Gasteiger partial charge < -0.3 is 5.11 Å². The molecule has 0 saturated heterocycles. The minimum atomic E-state index is -1.15. The molecule has 0 fully saturated rings. The Morgan fingerprint density at radius 1 is 1.56 bits per heavy atom. The largest absolute Gasteiger partial charge is 0.486 e. The van der Waals surface area contributed by atoms with Gasteiger partial charge in [-0.15, -0.1) is 0 Å². The lowest BCUT2D eigenvalue weighted by molar-refractivity contribution is -0.132. The van der Waals surface area contributed by atoms with Gasteiger partial charge in [0.05, 0.1) is 6.57 Å². The maximum atomic E-state index is 10.1. The summed E-state index contributed by atoms with van der Waals surface area (Å²) in [5.41, 5.74) is 0.354. The number of carbonyl (C=O) groups is 1. The standard InChI is InChI=1S/C6H7NO2/c1-4(2)5(7-3)6(8)9/h1-2H3,(H,8,9). The predicted octanol–water partition coefficient (Wildman–Crippen LogP) is 1.28. The van der Waals surface area contributed by atoms with E-state index in [2.05, 4.69) is 4.85 Å². The van der Waals surface area contributed by atoms with Crippen molar-refractivity contribution in [2.24, 2.45) is 0 Å². The Hall–Kier alpha value is -1.30. The first-order valence-corrected chi connectivity index (χ1v) is 2.37. The molecule has 0 bridgehead atoms. The number of nitrogens with zero attached hydrogens (tertiary/aromatic N) is 1. The van der Waals surface area contributed by atoms with Crippen molar-refractivity contribution in [2.45, 2.75) is 13.8 Å². The highest BCUT2D eigenvalue weighted by Gasteiger charge is 2.06. The van der Waals surface area contributed by atoms with Crippen LogP contribution in [-0.4, -0.2) is 11.1 Å². The molecule has 0 radical (unpaired) electrons. The van der Waals surface area contributed by atoms with Crippen LogP contribution in [0.5, 0.6) is 0 Å². The van der Waals surface area contributed by atoms with Crippen molar-refractivity contribution >= 4 is 5.97 Å². The summed E-state index contributed by atoms with van der Waals surface area (Å²) in [5.74, 6) is -1.15. The zero-order chi connectivity index (χ0) is 7.44. The molecule has 0 aromatic rings. The van der Waals surface area contributed by atoms with E-state index in [9.17, 15) is 4.79 Å². The summed E-state index contributed by atoms with van der Waals surface area (Å²) in [7, 11) is 0. The van der Waals surface area contributed by atoms with E-state index in [0.29, 0.717) is 5.57 Å². The molecule has 0 aliphatic carbocycles.